The Morgan fingerprint density at radius 1 is 0.838 bits per heavy atom. The van der Waals surface area contributed by atoms with E-state index in [0.29, 0.717) is 12.0 Å². The Bertz CT molecular complexity index is 845. The van der Waals surface area contributed by atoms with E-state index in [9.17, 15) is 24.3 Å². The quantitative estimate of drug-likeness (QED) is 0.260. The number of nitrogens with one attached hydrogen (secondary N) is 1. The summed E-state index contributed by atoms with van der Waals surface area (Å²) in [7, 11) is 0. The monoisotopic (exact) mass is 515 g/mol. The number of urea groups is 1. The van der Waals surface area contributed by atoms with Crippen molar-refractivity contribution in [1.29, 1.82) is 0 Å². The first-order chi connectivity index (χ1) is 17.9. The van der Waals surface area contributed by atoms with Gasteiger partial charge in [0.1, 0.15) is 6.54 Å². The molecule has 4 amide bonds. The van der Waals surface area contributed by atoms with Gasteiger partial charge in [-0.1, -0.05) is 114 Å². The minimum atomic E-state index is -1.25. The second-order valence-corrected chi connectivity index (χ2v) is 9.98. The van der Waals surface area contributed by atoms with Crippen molar-refractivity contribution in [3.8, 4) is 0 Å². The maximum Gasteiger partial charge on any atom is 0.330 e. The van der Waals surface area contributed by atoms with Crippen molar-refractivity contribution in [2.24, 2.45) is 0 Å². The highest BCUT2D eigenvalue weighted by Gasteiger charge is 2.33. The summed E-state index contributed by atoms with van der Waals surface area (Å²) in [6.07, 6.45) is 16.5. The Morgan fingerprint density at radius 2 is 1.38 bits per heavy atom. The molecule has 37 heavy (non-hydrogen) atoms. The van der Waals surface area contributed by atoms with E-state index < -0.39 is 23.9 Å². The number of hydrogen-bond donors (Lipinski definition) is 2. The van der Waals surface area contributed by atoms with E-state index in [1.807, 2.05) is 0 Å². The number of unbranched alkanes of at least 4 members (excludes halogenated alkanes) is 12. The predicted octanol–water partition coefficient (Wildman–Crippen LogP) is 5.67. The van der Waals surface area contributed by atoms with Gasteiger partial charge >= 0.3 is 12.0 Å². The summed E-state index contributed by atoms with van der Waals surface area (Å²) in [5.41, 5.74) is 0.419. The molecule has 0 aliphatic carbocycles. The van der Waals surface area contributed by atoms with Crippen LogP contribution >= 0.6 is 0 Å². The lowest BCUT2D eigenvalue weighted by Gasteiger charge is -2.33. The van der Waals surface area contributed by atoms with Crippen LogP contribution in [0.25, 0.3) is 0 Å². The fourth-order valence-corrected chi connectivity index (χ4v) is 4.69. The van der Waals surface area contributed by atoms with Crippen LogP contribution in [0.2, 0.25) is 0 Å². The zero-order valence-corrected chi connectivity index (χ0v) is 22.5. The lowest BCUT2D eigenvalue weighted by Crippen LogP contribution is -2.57. The van der Waals surface area contributed by atoms with Gasteiger partial charge in [0, 0.05) is 19.5 Å². The Balaban J connectivity index is 1.59. The lowest BCUT2D eigenvalue weighted by atomic mass is 10.0. The number of amides is 4. The largest absolute Gasteiger partial charge is 0.479 e. The molecule has 2 N–H and O–H groups in total. The normalized spacial score (nSPS) is 14.5. The van der Waals surface area contributed by atoms with Gasteiger partial charge in [0.2, 0.25) is 11.8 Å². The predicted molar refractivity (Wildman–Crippen MR) is 144 cm³/mol. The van der Waals surface area contributed by atoms with E-state index in [1.165, 1.54) is 69.1 Å². The minimum absolute atomic E-state index is 0.0517. The second-order valence-electron chi connectivity index (χ2n) is 9.98. The van der Waals surface area contributed by atoms with Crippen molar-refractivity contribution in [3.63, 3.8) is 0 Å². The summed E-state index contributed by atoms with van der Waals surface area (Å²) in [6, 6.07) is 6.32. The van der Waals surface area contributed by atoms with Gasteiger partial charge in [0.05, 0.1) is 0 Å². The highest BCUT2D eigenvalue weighted by atomic mass is 16.4. The summed E-state index contributed by atoms with van der Waals surface area (Å²) in [6.45, 7) is 2.40. The number of carbonyl (C=O) groups is 4. The minimum Gasteiger partial charge on any atom is -0.479 e. The number of rotatable bonds is 17. The van der Waals surface area contributed by atoms with Crippen molar-refractivity contribution >= 4 is 23.8 Å². The standard InChI is InChI=1S/C29H45N3O5/c1-2-3-4-5-6-7-8-9-10-11-12-13-17-20-25(33)31-21-22-32(26(34)23-31)29(37)30-27(28(35)36)24-18-15-14-16-19-24/h14-16,18-19,27H,2-13,17,20-23H2,1H3,(H,30,37)(H,35,36). The number of benzene rings is 1. The van der Waals surface area contributed by atoms with Crippen LogP contribution in [0.15, 0.2) is 30.3 Å². The van der Waals surface area contributed by atoms with Crippen molar-refractivity contribution < 1.29 is 24.3 Å². The van der Waals surface area contributed by atoms with Crippen LogP contribution in [-0.4, -0.2) is 58.4 Å². The Hall–Kier alpha value is -2.90. The topological polar surface area (TPSA) is 107 Å². The molecule has 0 radical (unpaired) electrons. The molecule has 1 unspecified atom stereocenters. The van der Waals surface area contributed by atoms with Crippen LogP contribution in [0.5, 0.6) is 0 Å². The molecule has 0 saturated carbocycles. The van der Waals surface area contributed by atoms with Crippen LogP contribution in [-0.2, 0) is 14.4 Å². The first-order valence-electron chi connectivity index (χ1n) is 14.1. The number of aliphatic carboxylic acids is 1. The van der Waals surface area contributed by atoms with E-state index in [2.05, 4.69) is 12.2 Å². The molecule has 0 bridgehead atoms. The number of carboxylic acids is 1. The van der Waals surface area contributed by atoms with Crippen LogP contribution < -0.4 is 5.32 Å². The van der Waals surface area contributed by atoms with Crippen LogP contribution in [0.1, 0.15) is 108 Å². The third-order valence-electron chi connectivity index (χ3n) is 6.96. The third-order valence-corrected chi connectivity index (χ3v) is 6.96. The third kappa shape index (κ3) is 11.4. The average molecular weight is 516 g/mol. The molecule has 1 saturated heterocycles. The summed E-state index contributed by atoms with van der Waals surface area (Å²) >= 11 is 0. The van der Waals surface area contributed by atoms with Crippen LogP contribution in [0, 0.1) is 0 Å². The molecule has 1 aromatic carbocycles. The highest BCUT2D eigenvalue weighted by molar-refractivity contribution is 5.98. The summed E-state index contributed by atoms with van der Waals surface area (Å²) in [5, 5.41) is 11.9. The Labute approximate surface area is 221 Å². The van der Waals surface area contributed by atoms with E-state index in [1.54, 1.807) is 30.3 Å². The van der Waals surface area contributed by atoms with Gasteiger partial charge in [0.25, 0.3) is 0 Å². The summed E-state index contributed by atoms with van der Waals surface area (Å²) in [4.78, 5) is 51.8. The van der Waals surface area contributed by atoms with Crippen LogP contribution in [0.3, 0.4) is 0 Å². The molecule has 2 rings (SSSR count). The number of carbonyl (C=O) groups excluding carboxylic acids is 3. The number of imide groups is 1. The number of nitrogens with zero attached hydrogens (tertiary/aromatic N) is 2. The van der Waals surface area contributed by atoms with Crippen molar-refractivity contribution in [1.82, 2.24) is 15.1 Å². The van der Waals surface area contributed by atoms with Crippen molar-refractivity contribution in [2.45, 2.75) is 103 Å². The van der Waals surface area contributed by atoms with Crippen LogP contribution in [0.4, 0.5) is 4.79 Å². The van der Waals surface area contributed by atoms with E-state index in [-0.39, 0.29) is 25.5 Å². The van der Waals surface area contributed by atoms with Gasteiger partial charge in [-0.05, 0) is 12.0 Å². The molecule has 1 fully saturated rings. The molecule has 0 spiro atoms. The number of piperazine rings is 1. The zero-order chi connectivity index (χ0) is 26.9. The molecule has 206 valence electrons. The number of hydrogen-bond acceptors (Lipinski definition) is 4. The molecule has 1 aliphatic heterocycles. The molecule has 8 nitrogen and oxygen atoms in total. The van der Waals surface area contributed by atoms with E-state index >= 15 is 0 Å². The maximum atomic E-state index is 12.6. The molecule has 1 heterocycles. The SMILES string of the molecule is CCCCCCCCCCCCCCCC(=O)N1CCN(C(=O)NC(C(=O)O)c2ccccc2)C(=O)C1. The van der Waals surface area contributed by atoms with E-state index in [4.69, 9.17) is 0 Å². The van der Waals surface area contributed by atoms with Gasteiger partial charge in [-0.2, -0.15) is 0 Å². The highest BCUT2D eigenvalue weighted by Crippen LogP contribution is 2.16. The molecular formula is C29H45N3O5. The average Bonchev–Trinajstić information content (AvgIpc) is 2.89. The van der Waals surface area contributed by atoms with E-state index in [0.717, 1.165) is 24.2 Å². The molecule has 8 heteroatoms. The smallest absolute Gasteiger partial charge is 0.330 e. The van der Waals surface area contributed by atoms with Gasteiger partial charge < -0.3 is 15.3 Å². The van der Waals surface area contributed by atoms with Gasteiger partial charge in [0.15, 0.2) is 6.04 Å². The first kappa shape index (κ1) is 30.3. The first-order valence-corrected chi connectivity index (χ1v) is 14.1. The molecule has 1 aromatic rings. The lowest BCUT2D eigenvalue weighted by molar-refractivity contribution is -0.143. The fraction of sp³-hybridized carbons (Fsp3) is 0.655. The Morgan fingerprint density at radius 3 is 1.89 bits per heavy atom. The summed E-state index contributed by atoms with van der Waals surface area (Å²) in [5.74, 6) is -1.78. The zero-order valence-electron chi connectivity index (χ0n) is 22.5. The maximum absolute atomic E-state index is 12.6. The molecule has 0 aromatic heterocycles. The van der Waals surface area contributed by atoms with Crippen molar-refractivity contribution in [3.05, 3.63) is 35.9 Å². The molecular weight excluding hydrogens is 470 g/mol. The Kier molecular flexibility index (Phi) is 14.4. The molecule has 1 aliphatic rings. The summed E-state index contributed by atoms with van der Waals surface area (Å²) < 4.78 is 0. The second kappa shape index (κ2) is 17.5. The van der Waals surface area contributed by atoms with Gasteiger partial charge in [-0.15, -0.1) is 0 Å². The molecule has 1 atom stereocenters. The fourth-order valence-electron chi connectivity index (χ4n) is 4.69. The van der Waals surface area contributed by atoms with Gasteiger partial charge in [-0.3, -0.25) is 14.5 Å². The van der Waals surface area contributed by atoms with Crippen molar-refractivity contribution in [2.75, 3.05) is 19.6 Å². The van der Waals surface area contributed by atoms with Gasteiger partial charge in [-0.25, -0.2) is 9.59 Å². The number of carboxylic acid groups (broad SMARTS) is 1.